The van der Waals surface area contributed by atoms with Crippen molar-refractivity contribution in [1.29, 1.82) is 0 Å². The zero-order valence-electron chi connectivity index (χ0n) is 19.5. The van der Waals surface area contributed by atoms with E-state index in [1.54, 1.807) is 0 Å². The summed E-state index contributed by atoms with van der Waals surface area (Å²) in [5, 5.41) is 13.0. The van der Waals surface area contributed by atoms with Crippen molar-refractivity contribution < 1.29 is 9.47 Å². The first kappa shape index (κ1) is 21.8. The first-order valence-electron chi connectivity index (χ1n) is 12.0. The van der Waals surface area contributed by atoms with Crippen molar-refractivity contribution in [2.45, 2.75) is 19.1 Å². The standard InChI is InChI=1S/C27H28N6O2/c1-3-7-21(8-4-1)18-31-13-15-32(16-14-31)26(23-9-5-2-6-10-23)27-28-29-30-33(27)19-22-11-12-24-25(17-22)35-20-34-24/h1-12,17,26H,13-16,18-20H2/t26-/m0/s1. The van der Waals surface area contributed by atoms with Gasteiger partial charge in [-0.1, -0.05) is 66.7 Å². The van der Waals surface area contributed by atoms with Gasteiger partial charge in [0.15, 0.2) is 17.3 Å². The van der Waals surface area contributed by atoms with Gasteiger partial charge < -0.3 is 9.47 Å². The van der Waals surface area contributed by atoms with E-state index in [0.717, 1.165) is 55.6 Å². The third-order valence-corrected chi connectivity index (χ3v) is 6.71. The molecule has 1 fully saturated rings. The summed E-state index contributed by atoms with van der Waals surface area (Å²) in [6.45, 7) is 5.71. The number of fused-ring (bicyclic) bond motifs is 1. The Morgan fingerprint density at radius 2 is 1.49 bits per heavy atom. The second-order valence-corrected chi connectivity index (χ2v) is 8.99. The molecule has 178 valence electrons. The number of ether oxygens (including phenoxy) is 2. The highest BCUT2D eigenvalue weighted by molar-refractivity contribution is 5.44. The van der Waals surface area contributed by atoms with E-state index >= 15 is 0 Å². The van der Waals surface area contributed by atoms with Crippen LogP contribution in [-0.4, -0.2) is 63.0 Å². The van der Waals surface area contributed by atoms with Crippen molar-refractivity contribution in [1.82, 2.24) is 30.0 Å². The molecule has 2 aliphatic heterocycles. The van der Waals surface area contributed by atoms with Crippen molar-refractivity contribution in [3.05, 3.63) is 101 Å². The van der Waals surface area contributed by atoms with E-state index in [2.05, 4.69) is 79.9 Å². The molecule has 0 unspecified atom stereocenters. The molecule has 35 heavy (non-hydrogen) atoms. The number of piperazine rings is 1. The van der Waals surface area contributed by atoms with E-state index < -0.39 is 0 Å². The molecule has 1 saturated heterocycles. The average Bonchev–Trinajstić information content (AvgIpc) is 3.56. The van der Waals surface area contributed by atoms with Gasteiger partial charge in [-0.2, -0.15) is 0 Å². The highest BCUT2D eigenvalue weighted by atomic mass is 16.7. The second kappa shape index (κ2) is 9.85. The Hall–Kier alpha value is -3.75. The summed E-state index contributed by atoms with van der Waals surface area (Å²) in [6.07, 6.45) is 0. The second-order valence-electron chi connectivity index (χ2n) is 8.99. The van der Waals surface area contributed by atoms with Gasteiger partial charge in [0, 0.05) is 32.7 Å². The molecule has 0 aliphatic carbocycles. The van der Waals surface area contributed by atoms with Gasteiger partial charge in [-0.3, -0.25) is 9.80 Å². The fourth-order valence-electron chi connectivity index (χ4n) is 4.91. The lowest BCUT2D eigenvalue weighted by atomic mass is 10.0. The molecule has 1 aromatic heterocycles. The Bertz CT molecular complexity index is 1260. The summed E-state index contributed by atoms with van der Waals surface area (Å²) in [6, 6.07) is 27.2. The van der Waals surface area contributed by atoms with Crippen molar-refractivity contribution in [3.8, 4) is 11.5 Å². The van der Waals surface area contributed by atoms with E-state index in [0.29, 0.717) is 6.54 Å². The normalized spacial score (nSPS) is 16.9. The van der Waals surface area contributed by atoms with E-state index in [1.165, 1.54) is 11.1 Å². The van der Waals surface area contributed by atoms with E-state index in [-0.39, 0.29) is 12.8 Å². The quantitative estimate of drug-likeness (QED) is 0.412. The van der Waals surface area contributed by atoms with Gasteiger partial charge in [0.1, 0.15) is 0 Å². The molecule has 4 aromatic rings. The van der Waals surface area contributed by atoms with Crippen LogP contribution in [0.15, 0.2) is 78.9 Å². The average molecular weight is 469 g/mol. The Morgan fingerprint density at radius 3 is 2.29 bits per heavy atom. The molecule has 3 heterocycles. The third kappa shape index (κ3) is 4.76. The van der Waals surface area contributed by atoms with Crippen molar-refractivity contribution >= 4 is 0 Å². The Kier molecular flexibility index (Phi) is 6.13. The molecule has 0 N–H and O–H groups in total. The Morgan fingerprint density at radius 1 is 0.743 bits per heavy atom. The van der Waals surface area contributed by atoms with Crippen LogP contribution in [0.4, 0.5) is 0 Å². The van der Waals surface area contributed by atoms with E-state index in [1.807, 2.05) is 28.9 Å². The largest absolute Gasteiger partial charge is 0.454 e. The molecule has 0 saturated carbocycles. The minimum absolute atomic E-state index is 0.0147. The van der Waals surface area contributed by atoms with Gasteiger partial charge in [-0.25, -0.2) is 4.68 Å². The zero-order chi connectivity index (χ0) is 23.5. The molecule has 8 nitrogen and oxygen atoms in total. The SMILES string of the molecule is c1ccc(CN2CCN([C@@H](c3ccccc3)c3nnnn3Cc3ccc4c(c3)OCO4)CC2)cc1. The molecular weight excluding hydrogens is 440 g/mol. The van der Waals surface area contributed by atoms with Crippen LogP contribution in [0.5, 0.6) is 11.5 Å². The number of tetrazole rings is 1. The van der Waals surface area contributed by atoms with Crippen LogP contribution in [-0.2, 0) is 13.1 Å². The maximum atomic E-state index is 5.56. The van der Waals surface area contributed by atoms with Crippen LogP contribution >= 0.6 is 0 Å². The van der Waals surface area contributed by atoms with Crippen LogP contribution in [0.25, 0.3) is 0 Å². The van der Waals surface area contributed by atoms with Crippen LogP contribution in [0.3, 0.4) is 0 Å². The summed E-state index contributed by atoms with van der Waals surface area (Å²) in [5.41, 5.74) is 3.63. The Labute approximate surface area is 204 Å². The smallest absolute Gasteiger partial charge is 0.231 e. The summed E-state index contributed by atoms with van der Waals surface area (Å²) < 4.78 is 12.9. The molecule has 1 atom stereocenters. The summed E-state index contributed by atoms with van der Waals surface area (Å²) in [7, 11) is 0. The maximum Gasteiger partial charge on any atom is 0.231 e. The lowest BCUT2D eigenvalue weighted by Crippen LogP contribution is -2.47. The van der Waals surface area contributed by atoms with Crippen LogP contribution in [0, 0.1) is 0 Å². The molecule has 3 aromatic carbocycles. The molecule has 0 amide bonds. The first-order valence-corrected chi connectivity index (χ1v) is 12.0. The minimum Gasteiger partial charge on any atom is -0.454 e. The monoisotopic (exact) mass is 468 g/mol. The van der Waals surface area contributed by atoms with Crippen molar-refractivity contribution in [2.75, 3.05) is 33.0 Å². The number of nitrogens with zero attached hydrogens (tertiary/aromatic N) is 6. The van der Waals surface area contributed by atoms with Crippen LogP contribution in [0.2, 0.25) is 0 Å². The molecular formula is C27H28N6O2. The highest BCUT2D eigenvalue weighted by Crippen LogP contribution is 2.33. The van der Waals surface area contributed by atoms with Gasteiger partial charge in [-0.05, 0) is 39.2 Å². The van der Waals surface area contributed by atoms with Gasteiger partial charge >= 0.3 is 0 Å². The lowest BCUT2D eigenvalue weighted by Gasteiger charge is -2.39. The molecule has 8 heteroatoms. The predicted octanol–water partition coefficient (Wildman–Crippen LogP) is 3.36. The lowest BCUT2D eigenvalue weighted by molar-refractivity contribution is 0.100. The number of benzene rings is 3. The summed E-state index contributed by atoms with van der Waals surface area (Å²) in [5.74, 6) is 2.40. The Balaban J connectivity index is 1.23. The molecule has 2 aliphatic rings. The molecule has 0 spiro atoms. The van der Waals surface area contributed by atoms with Crippen LogP contribution in [0.1, 0.15) is 28.6 Å². The summed E-state index contributed by atoms with van der Waals surface area (Å²) >= 11 is 0. The fraction of sp³-hybridized carbons (Fsp3) is 0.296. The van der Waals surface area contributed by atoms with E-state index in [4.69, 9.17) is 9.47 Å². The highest BCUT2D eigenvalue weighted by Gasteiger charge is 2.30. The first-order chi connectivity index (χ1) is 17.3. The van der Waals surface area contributed by atoms with Crippen LogP contribution < -0.4 is 9.47 Å². The van der Waals surface area contributed by atoms with Gasteiger partial charge in [0.2, 0.25) is 6.79 Å². The maximum absolute atomic E-state index is 5.56. The van der Waals surface area contributed by atoms with Crippen molar-refractivity contribution in [2.24, 2.45) is 0 Å². The topological polar surface area (TPSA) is 68.5 Å². The third-order valence-electron chi connectivity index (χ3n) is 6.71. The minimum atomic E-state index is -0.0147. The zero-order valence-corrected chi connectivity index (χ0v) is 19.5. The van der Waals surface area contributed by atoms with Crippen molar-refractivity contribution in [3.63, 3.8) is 0 Å². The van der Waals surface area contributed by atoms with E-state index in [9.17, 15) is 0 Å². The number of hydrogen-bond donors (Lipinski definition) is 0. The van der Waals surface area contributed by atoms with Gasteiger partial charge in [0.25, 0.3) is 0 Å². The predicted molar refractivity (Wildman–Crippen MR) is 131 cm³/mol. The molecule has 6 rings (SSSR count). The number of hydrogen-bond acceptors (Lipinski definition) is 7. The fourth-order valence-corrected chi connectivity index (χ4v) is 4.91. The van der Waals surface area contributed by atoms with Gasteiger partial charge in [-0.15, -0.1) is 5.10 Å². The summed E-state index contributed by atoms with van der Waals surface area (Å²) in [4.78, 5) is 5.02. The number of aromatic nitrogens is 4. The molecule has 0 radical (unpaired) electrons. The number of rotatable bonds is 7. The molecule has 0 bridgehead atoms. The van der Waals surface area contributed by atoms with Gasteiger partial charge in [0.05, 0.1) is 12.6 Å².